The number of fused-ring (bicyclic) bond motifs is 3. The summed E-state index contributed by atoms with van der Waals surface area (Å²) >= 11 is 0. The number of amides is 1. The van der Waals surface area contributed by atoms with Gasteiger partial charge < -0.3 is 9.74 Å². The van der Waals surface area contributed by atoms with Crippen molar-refractivity contribution in [3.8, 4) is 11.1 Å². The second kappa shape index (κ2) is 10.2. The van der Waals surface area contributed by atoms with Crippen molar-refractivity contribution in [2.75, 3.05) is 13.2 Å². The van der Waals surface area contributed by atoms with E-state index in [1.54, 1.807) is 0 Å². The Morgan fingerprint density at radius 3 is 1.74 bits per heavy atom. The molecule has 0 fully saturated rings. The van der Waals surface area contributed by atoms with Gasteiger partial charge in [0.15, 0.2) is 6.61 Å². The molecule has 5 rings (SSSR count). The fourth-order valence-corrected chi connectivity index (χ4v) is 4.34. The van der Waals surface area contributed by atoms with Crippen LogP contribution in [0, 0.1) is 0 Å². The molecule has 1 aliphatic carbocycles. The molecule has 0 bridgehead atoms. The molecule has 0 saturated carbocycles. The van der Waals surface area contributed by atoms with E-state index in [0.717, 1.165) is 39.9 Å². The van der Waals surface area contributed by atoms with Crippen molar-refractivity contribution >= 4 is 11.6 Å². The Bertz CT molecular complexity index is 1250. The third kappa shape index (κ3) is 4.76. The molecule has 34 heavy (non-hydrogen) atoms. The summed E-state index contributed by atoms with van der Waals surface area (Å²) in [6, 6.07) is 36.6. The van der Waals surface area contributed by atoms with E-state index >= 15 is 0 Å². The van der Waals surface area contributed by atoms with E-state index in [4.69, 9.17) is 4.84 Å². The fourth-order valence-electron chi connectivity index (χ4n) is 4.34. The van der Waals surface area contributed by atoms with Crippen LogP contribution in [0.25, 0.3) is 11.1 Å². The normalized spacial score (nSPS) is 11.5. The van der Waals surface area contributed by atoms with Crippen LogP contribution >= 0.6 is 0 Å². The maximum absolute atomic E-state index is 13.2. The summed E-state index contributed by atoms with van der Waals surface area (Å²) in [6.45, 7) is 1.05. The number of nitrogens with zero attached hydrogens (tertiary/aromatic N) is 2. The number of carbonyl (C=O) groups is 1. The molecule has 1 amide bonds. The van der Waals surface area contributed by atoms with Crippen molar-refractivity contribution in [3.63, 3.8) is 0 Å². The van der Waals surface area contributed by atoms with Gasteiger partial charge in [0.25, 0.3) is 5.91 Å². The summed E-state index contributed by atoms with van der Waals surface area (Å²) < 4.78 is 0. The number of hydrogen-bond donors (Lipinski definition) is 0. The molecule has 0 N–H and O–H groups in total. The SMILES string of the molecule is O=C(CON=C1c2ccccc2-c2ccccc21)N(CCc1ccccc1)Cc1ccccc1. The van der Waals surface area contributed by atoms with Gasteiger partial charge in [-0.15, -0.1) is 0 Å². The van der Waals surface area contributed by atoms with E-state index in [-0.39, 0.29) is 12.5 Å². The van der Waals surface area contributed by atoms with Crippen LogP contribution in [0.3, 0.4) is 0 Å². The lowest BCUT2D eigenvalue weighted by Crippen LogP contribution is -2.35. The summed E-state index contributed by atoms with van der Waals surface area (Å²) in [5, 5.41) is 4.42. The van der Waals surface area contributed by atoms with E-state index in [0.29, 0.717) is 13.1 Å². The van der Waals surface area contributed by atoms with Crippen LogP contribution in [0.15, 0.2) is 114 Å². The third-order valence-corrected chi connectivity index (χ3v) is 6.08. The molecule has 4 aromatic rings. The average Bonchev–Trinajstić information content (AvgIpc) is 3.21. The van der Waals surface area contributed by atoms with Crippen LogP contribution in [-0.2, 0) is 22.6 Å². The third-order valence-electron chi connectivity index (χ3n) is 6.08. The highest BCUT2D eigenvalue weighted by Crippen LogP contribution is 2.36. The van der Waals surface area contributed by atoms with Gasteiger partial charge in [-0.25, -0.2) is 0 Å². The highest BCUT2D eigenvalue weighted by atomic mass is 16.6. The molecule has 4 aromatic carbocycles. The Hall–Kier alpha value is -4.18. The Balaban J connectivity index is 1.31. The van der Waals surface area contributed by atoms with Crippen molar-refractivity contribution in [2.24, 2.45) is 5.16 Å². The first-order chi connectivity index (χ1) is 16.8. The molecule has 1 aliphatic rings. The molecule has 0 saturated heterocycles. The molecule has 168 valence electrons. The van der Waals surface area contributed by atoms with Crippen LogP contribution in [0.5, 0.6) is 0 Å². The van der Waals surface area contributed by atoms with Gasteiger partial charge in [0.2, 0.25) is 0 Å². The largest absolute Gasteiger partial charge is 0.385 e. The van der Waals surface area contributed by atoms with Crippen LogP contribution in [-0.4, -0.2) is 29.7 Å². The van der Waals surface area contributed by atoms with Crippen molar-refractivity contribution in [1.29, 1.82) is 0 Å². The van der Waals surface area contributed by atoms with Crippen molar-refractivity contribution in [3.05, 3.63) is 131 Å². The molecular weight excluding hydrogens is 420 g/mol. The summed E-state index contributed by atoms with van der Waals surface area (Å²) in [6.07, 6.45) is 0.786. The number of benzene rings is 4. The van der Waals surface area contributed by atoms with Crippen LogP contribution in [0.2, 0.25) is 0 Å². The van der Waals surface area contributed by atoms with E-state index in [1.807, 2.05) is 89.8 Å². The van der Waals surface area contributed by atoms with E-state index < -0.39 is 0 Å². The Kier molecular flexibility index (Phi) is 6.48. The number of oxime groups is 1. The monoisotopic (exact) mass is 446 g/mol. The van der Waals surface area contributed by atoms with Gasteiger partial charge in [0, 0.05) is 24.2 Å². The van der Waals surface area contributed by atoms with Gasteiger partial charge in [0.05, 0.1) is 0 Å². The predicted molar refractivity (Wildman–Crippen MR) is 135 cm³/mol. The van der Waals surface area contributed by atoms with Gasteiger partial charge in [-0.2, -0.15) is 0 Å². The molecular formula is C30H26N2O2. The zero-order valence-corrected chi connectivity index (χ0v) is 18.9. The zero-order chi connectivity index (χ0) is 23.2. The lowest BCUT2D eigenvalue weighted by molar-refractivity contribution is -0.136. The first-order valence-electron chi connectivity index (χ1n) is 11.5. The molecule has 0 aromatic heterocycles. The smallest absolute Gasteiger partial charge is 0.263 e. The quantitative estimate of drug-likeness (QED) is 0.287. The molecule has 0 unspecified atom stereocenters. The molecule has 0 atom stereocenters. The van der Waals surface area contributed by atoms with Gasteiger partial charge in [-0.1, -0.05) is 114 Å². The standard InChI is InChI=1S/C30H26N2O2/c33-29(32(21-24-13-5-2-6-14-24)20-19-23-11-3-1-4-12-23)22-34-31-30-27-17-9-7-15-25(27)26-16-8-10-18-28(26)30/h1-18H,19-22H2. The number of hydrogen-bond acceptors (Lipinski definition) is 3. The molecule has 0 aliphatic heterocycles. The first-order valence-corrected chi connectivity index (χ1v) is 11.5. The lowest BCUT2D eigenvalue weighted by atomic mass is 10.1. The summed E-state index contributed by atoms with van der Waals surface area (Å²) in [7, 11) is 0. The lowest BCUT2D eigenvalue weighted by Gasteiger charge is -2.22. The van der Waals surface area contributed by atoms with Crippen molar-refractivity contribution in [2.45, 2.75) is 13.0 Å². The van der Waals surface area contributed by atoms with Crippen LogP contribution < -0.4 is 0 Å². The molecule has 0 heterocycles. The van der Waals surface area contributed by atoms with Crippen molar-refractivity contribution in [1.82, 2.24) is 4.90 Å². The summed E-state index contributed by atoms with van der Waals surface area (Å²) in [4.78, 5) is 20.7. The fraction of sp³-hybridized carbons (Fsp3) is 0.133. The van der Waals surface area contributed by atoms with E-state index in [9.17, 15) is 4.79 Å². The maximum Gasteiger partial charge on any atom is 0.263 e. The molecule has 4 nitrogen and oxygen atoms in total. The van der Waals surface area contributed by atoms with Crippen LogP contribution in [0.1, 0.15) is 22.3 Å². The first kappa shape index (κ1) is 21.7. The van der Waals surface area contributed by atoms with Gasteiger partial charge in [0.1, 0.15) is 5.71 Å². The molecule has 0 spiro atoms. The minimum Gasteiger partial charge on any atom is -0.385 e. The van der Waals surface area contributed by atoms with Gasteiger partial charge in [-0.05, 0) is 28.7 Å². The highest BCUT2D eigenvalue weighted by Gasteiger charge is 2.25. The minimum atomic E-state index is -0.102. The summed E-state index contributed by atoms with van der Waals surface area (Å²) in [5.41, 5.74) is 7.41. The second-order valence-electron chi connectivity index (χ2n) is 8.34. The molecule has 0 radical (unpaired) electrons. The second-order valence-corrected chi connectivity index (χ2v) is 8.34. The van der Waals surface area contributed by atoms with Gasteiger partial charge in [-0.3, -0.25) is 4.79 Å². The number of carbonyl (C=O) groups excluding carboxylic acids is 1. The highest BCUT2D eigenvalue weighted by molar-refractivity contribution is 6.24. The Morgan fingerprint density at radius 1 is 0.647 bits per heavy atom. The molecule has 4 heteroatoms. The number of rotatable bonds is 8. The summed E-state index contributed by atoms with van der Waals surface area (Å²) in [5.74, 6) is -0.0799. The maximum atomic E-state index is 13.2. The average molecular weight is 447 g/mol. The Labute approximate surface area is 200 Å². The topological polar surface area (TPSA) is 41.9 Å². The minimum absolute atomic E-state index is 0.0799. The van der Waals surface area contributed by atoms with Gasteiger partial charge >= 0.3 is 0 Å². The zero-order valence-electron chi connectivity index (χ0n) is 18.9. The van der Waals surface area contributed by atoms with Crippen LogP contribution in [0.4, 0.5) is 0 Å². The Morgan fingerprint density at radius 2 is 1.15 bits per heavy atom. The van der Waals surface area contributed by atoms with E-state index in [1.165, 1.54) is 5.56 Å². The van der Waals surface area contributed by atoms with E-state index in [2.05, 4.69) is 29.4 Å². The van der Waals surface area contributed by atoms with Crippen molar-refractivity contribution < 1.29 is 9.63 Å². The predicted octanol–water partition coefficient (Wildman–Crippen LogP) is 5.71.